The second kappa shape index (κ2) is 7.22. The van der Waals surface area contributed by atoms with Crippen LogP contribution in [0.3, 0.4) is 0 Å². The fraction of sp³-hybridized carbons (Fsp3) is 1.00. The smallest absolute Gasteiger partial charge is 0.171 e. The third kappa shape index (κ3) is 4.01. The van der Waals surface area contributed by atoms with Gasteiger partial charge in [0.2, 0.25) is 0 Å². The van der Waals surface area contributed by atoms with Crippen LogP contribution in [0.1, 0.15) is 26.7 Å². The minimum absolute atomic E-state index is 0.149. The van der Waals surface area contributed by atoms with Crippen molar-refractivity contribution in [2.24, 2.45) is 0 Å². The second-order valence-corrected chi connectivity index (χ2v) is 4.50. The van der Waals surface area contributed by atoms with Gasteiger partial charge in [-0.1, -0.05) is 6.92 Å². The van der Waals surface area contributed by atoms with Gasteiger partial charge in [0.25, 0.3) is 0 Å². The van der Waals surface area contributed by atoms with Crippen LogP contribution in [0, 0.1) is 0 Å². The molecule has 0 saturated carbocycles. The number of nitrogens with one attached hydrogen (secondary N) is 1. The second-order valence-electron chi connectivity index (χ2n) is 4.50. The molecule has 1 heterocycles. The summed E-state index contributed by atoms with van der Waals surface area (Å²) in [5.74, 6) is 0. The molecule has 1 atom stereocenters. The Morgan fingerprint density at radius 1 is 1.25 bits per heavy atom. The molecule has 0 aromatic carbocycles. The number of methoxy groups -OCH3 is 2. The van der Waals surface area contributed by atoms with Crippen molar-refractivity contribution in [2.45, 2.75) is 45.1 Å². The Morgan fingerprint density at radius 2 is 1.81 bits per heavy atom. The van der Waals surface area contributed by atoms with E-state index in [0.717, 1.165) is 0 Å². The van der Waals surface area contributed by atoms with Crippen molar-refractivity contribution in [1.82, 2.24) is 10.2 Å². The van der Waals surface area contributed by atoms with Crippen LogP contribution in [0.25, 0.3) is 0 Å². The minimum Gasteiger partial charge on any atom is -0.354 e. The molecular weight excluding hydrogens is 204 g/mol. The molecule has 0 aromatic heterocycles. The third-order valence-corrected chi connectivity index (χ3v) is 3.41. The van der Waals surface area contributed by atoms with Crippen LogP contribution in [0.2, 0.25) is 0 Å². The van der Waals surface area contributed by atoms with Crippen molar-refractivity contribution < 1.29 is 9.47 Å². The molecule has 0 spiro atoms. The molecule has 0 amide bonds. The van der Waals surface area contributed by atoms with Crippen LogP contribution < -0.4 is 5.32 Å². The molecule has 0 radical (unpaired) electrons. The van der Waals surface area contributed by atoms with E-state index in [0.29, 0.717) is 6.04 Å². The van der Waals surface area contributed by atoms with Gasteiger partial charge in [-0.3, -0.25) is 0 Å². The Bertz CT molecular complexity index is 178. The van der Waals surface area contributed by atoms with Crippen LogP contribution in [-0.2, 0) is 9.47 Å². The van der Waals surface area contributed by atoms with Gasteiger partial charge in [0, 0.05) is 20.3 Å². The number of likely N-dealkylation sites (tertiary alicyclic amines) is 1. The summed E-state index contributed by atoms with van der Waals surface area (Å²) in [6.45, 7) is 7.91. The lowest BCUT2D eigenvalue weighted by molar-refractivity contribution is -0.121. The number of rotatable bonds is 6. The number of hydrogen-bond donors (Lipinski definition) is 1. The van der Waals surface area contributed by atoms with Crippen LogP contribution in [0.5, 0.6) is 0 Å². The van der Waals surface area contributed by atoms with Crippen molar-refractivity contribution in [1.29, 1.82) is 0 Å². The lowest BCUT2D eigenvalue weighted by atomic mass is 10.0. The summed E-state index contributed by atoms with van der Waals surface area (Å²) in [5, 5.41) is 3.59. The number of nitrogens with zero attached hydrogens (tertiary/aromatic N) is 1. The molecule has 0 aliphatic carbocycles. The van der Waals surface area contributed by atoms with Crippen LogP contribution in [0.15, 0.2) is 0 Å². The number of ether oxygens (including phenoxy) is 2. The van der Waals surface area contributed by atoms with E-state index in [4.69, 9.17) is 9.47 Å². The van der Waals surface area contributed by atoms with Gasteiger partial charge in [-0.15, -0.1) is 0 Å². The molecule has 1 N–H and O–H groups in total. The van der Waals surface area contributed by atoms with Gasteiger partial charge in [-0.2, -0.15) is 0 Å². The van der Waals surface area contributed by atoms with Crippen molar-refractivity contribution in [2.75, 3.05) is 33.9 Å². The van der Waals surface area contributed by atoms with E-state index in [1.807, 2.05) is 0 Å². The summed E-state index contributed by atoms with van der Waals surface area (Å²) in [6, 6.07) is 0.846. The molecule has 1 aliphatic rings. The summed E-state index contributed by atoms with van der Waals surface area (Å²) in [7, 11) is 3.37. The SMILES string of the molecule is CCN1CCC(NC(C)C(OC)OC)CC1. The van der Waals surface area contributed by atoms with Crippen LogP contribution in [-0.4, -0.2) is 57.1 Å². The molecular formula is C12H26N2O2. The fourth-order valence-electron chi connectivity index (χ4n) is 2.37. The maximum Gasteiger partial charge on any atom is 0.171 e. The molecule has 16 heavy (non-hydrogen) atoms. The zero-order valence-electron chi connectivity index (χ0n) is 11.0. The summed E-state index contributed by atoms with van der Waals surface area (Å²) in [4.78, 5) is 2.49. The summed E-state index contributed by atoms with van der Waals surface area (Å²) < 4.78 is 10.5. The molecule has 1 unspecified atom stereocenters. The summed E-state index contributed by atoms with van der Waals surface area (Å²) >= 11 is 0. The molecule has 4 heteroatoms. The Morgan fingerprint density at radius 3 is 2.25 bits per heavy atom. The molecule has 96 valence electrons. The van der Waals surface area contributed by atoms with E-state index in [1.165, 1.54) is 32.5 Å². The van der Waals surface area contributed by atoms with Crippen molar-refractivity contribution >= 4 is 0 Å². The molecule has 4 nitrogen and oxygen atoms in total. The first-order valence-corrected chi connectivity index (χ1v) is 6.25. The van der Waals surface area contributed by atoms with Gasteiger partial charge in [0.05, 0.1) is 6.04 Å². The zero-order valence-corrected chi connectivity index (χ0v) is 11.0. The monoisotopic (exact) mass is 230 g/mol. The summed E-state index contributed by atoms with van der Waals surface area (Å²) in [5.41, 5.74) is 0. The number of hydrogen-bond acceptors (Lipinski definition) is 4. The normalized spacial score (nSPS) is 21.6. The standard InChI is InChI=1S/C12H26N2O2/c1-5-14-8-6-11(7-9-14)13-10(2)12(15-3)16-4/h10-13H,5-9H2,1-4H3. The first-order chi connectivity index (χ1) is 7.71. The van der Waals surface area contributed by atoms with E-state index in [1.54, 1.807) is 14.2 Å². The summed E-state index contributed by atoms with van der Waals surface area (Å²) in [6.07, 6.45) is 2.29. The van der Waals surface area contributed by atoms with Gasteiger partial charge in [-0.25, -0.2) is 0 Å². The Labute approximate surface area is 99.3 Å². The van der Waals surface area contributed by atoms with E-state index in [-0.39, 0.29) is 12.3 Å². The van der Waals surface area contributed by atoms with Crippen LogP contribution in [0.4, 0.5) is 0 Å². The third-order valence-electron chi connectivity index (χ3n) is 3.41. The average molecular weight is 230 g/mol. The molecule has 0 bridgehead atoms. The average Bonchev–Trinajstić information content (AvgIpc) is 2.31. The molecule has 1 saturated heterocycles. The fourth-order valence-corrected chi connectivity index (χ4v) is 2.37. The van der Waals surface area contributed by atoms with Gasteiger partial charge < -0.3 is 19.7 Å². The van der Waals surface area contributed by atoms with Crippen molar-refractivity contribution in [3.05, 3.63) is 0 Å². The van der Waals surface area contributed by atoms with E-state index >= 15 is 0 Å². The predicted molar refractivity (Wildman–Crippen MR) is 65.5 cm³/mol. The van der Waals surface area contributed by atoms with E-state index in [9.17, 15) is 0 Å². The Hall–Kier alpha value is -0.160. The zero-order chi connectivity index (χ0) is 12.0. The van der Waals surface area contributed by atoms with Gasteiger partial charge >= 0.3 is 0 Å². The highest BCUT2D eigenvalue weighted by molar-refractivity contribution is 4.79. The Kier molecular flexibility index (Phi) is 6.28. The van der Waals surface area contributed by atoms with Crippen molar-refractivity contribution in [3.8, 4) is 0 Å². The van der Waals surface area contributed by atoms with Gasteiger partial charge in [0.1, 0.15) is 0 Å². The first kappa shape index (κ1) is 13.9. The molecule has 1 rings (SSSR count). The quantitative estimate of drug-likeness (QED) is 0.692. The predicted octanol–water partition coefficient (Wildman–Crippen LogP) is 1.07. The highest BCUT2D eigenvalue weighted by atomic mass is 16.7. The molecule has 1 aliphatic heterocycles. The highest BCUT2D eigenvalue weighted by Gasteiger charge is 2.23. The maximum absolute atomic E-state index is 5.25. The minimum atomic E-state index is -0.149. The van der Waals surface area contributed by atoms with E-state index in [2.05, 4.69) is 24.1 Å². The molecule has 1 fully saturated rings. The lowest BCUT2D eigenvalue weighted by Gasteiger charge is -2.34. The van der Waals surface area contributed by atoms with Crippen molar-refractivity contribution in [3.63, 3.8) is 0 Å². The largest absolute Gasteiger partial charge is 0.354 e. The topological polar surface area (TPSA) is 33.7 Å². The maximum atomic E-state index is 5.25. The van der Waals surface area contributed by atoms with E-state index < -0.39 is 0 Å². The van der Waals surface area contributed by atoms with Gasteiger partial charge in [0.15, 0.2) is 6.29 Å². The molecule has 0 aromatic rings. The van der Waals surface area contributed by atoms with Crippen LogP contribution >= 0.6 is 0 Å². The number of piperidine rings is 1. The van der Waals surface area contributed by atoms with Gasteiger partial charge in [-0.05, 0) is 39.4 Å². The highest BCUT2D eigenvalue weighted by Crippen LogP contribution is 2.11. The lowest BCUT2D eigenvalue weighted by Crippen LogP contribution is -2.49. The Balaban J connectivity index is 2.27. The first-order valence-electron chi connectivity index (χ1n) is 6.25.